The predicted octanol–water partition coefficient (Wildman–Crippen LogP) is 4.59. The average molecular weight is 324 g/mol. The second-order valence-corrected chi connectivity index (χ2v) is 7.92. The first kappa shape index (κ1) is 18.5. The summed E-state index contributed by atoms with van der Waals surface area (Å²) in [6.07, 6.45) is 0.461. The van der Waals surface area contributed by atoms with Crippen LogP contribution in [0.3, 0.4) is 0 Å². The van der Waals surface area contributed by atoms with Crippen LogP contribution in [0.25, 0.3) is 0 Å². The molecule has 0 spiro atoms. The summed E-state index contributed by atoms with van der Waals surface area (Å²) in [7, 11) is 0. The average Bonchev–Trinajstić information content (AvgIpc) is 2.40. The fourth-order valence-corrected chi connectivity index (χ4v) is 3.92. The molecule has 0 heterocycles. The normalized spacial score (nSPS) is 16.4. The van der Waals surface area contributed by atoms with Crippen LogP contribution in [0.2, 0.25) is 0 Å². The summed E-state index contributed by atoms with van der Waals surface area (Å²) in [5, 5.41) is 9.42. The van der Waals surface area contributed by atoms with Gasteiger partial charge >= 0.3 is 0 Å². The Morgan fingerprint density at radius 2 is 2.09 bits per heavy atom. The van der Waals surface area contributed by atoms with Crippen LogP contribution in [0.1, 0.15) is 37.8 Å². The molecule has 0 unspecified atom stereocenters. The number of aryl methyl sites for hydroxylation is 1. The van der Waals surface area contributed by atoms with Crippen molar-refractivity contribution >= 4 is 11.8 Å². The standard InChI is InChI=1S/C17H22F2N2S/c1-12-5-6-15(19)14(9-12)16(3,11-18)10-17(4,7-8-20)22-13(2)21/h5-6,9H,2,7,10-11,21H2,1,3-4H3/t16-,17-/m0/s1. The first-order valence-electron chi connectivity index (χ1n) is 6.99. The molecule has 0 bridgehead atoms. The number of hydrogen-bond donors (Lipinski definition) is 1. The van der Waals surface area contributed by atoms with Crippen molar-refractivity contribution in [2.75, 3.05) is 6.67 Å². The molecule has 2 nitrogen and oxygen atoms in total. The SMILES string of the molecule is C=C(N)S[C@@](C)(CC#N)C[C@@](C)(CF)c1cc(C)ccc1F. The fourth-order valence-electron chi connectivity index (χ4n) is 2.76. The van der Waals surface area contributed by atoms with Crippen molar-refractivity contribution in [3.63, 3.8) is 0 Å². The summed E-state index contributed by atoms with van der Waals surface area (Å²) in [6.45, 7) is 8.28. The van der Waals surface area contributed by atoms with Crippen molar-refractivity contribution in [2.45, 2.75) is 43.8 Å². The number of halogens is 2. The van der Waals surface area contributed by atoms with Crippen LogP contribution in [0.4, 0.5) is 8.78 Å². The molecule has 22 heavy (non-hydrogen) atoms. The number of nitriles is 1. The van der Waals surface area contributed by atoms with E-state index in [4.69, 9.17) is 11.0 Å². The summed E-state index contributed by atoms with van der Waals surface area (Å²) in [6, 6.07) is 6.79. The summed E-state index contributed by atoms with van der Waals surface area (Å²) in [4.78, 5) is 0. The minimum absolute atomic E-state index is 0.177. The van der Waals surface area contributed by atoms with Crippen molar-refractivity contribution in [1.82, 2.24) is 0 Å². The van der Waals surface area contributed by atoms with Gasteiger partial charge in [-0.2, -0.15) is 5.26 Å². The van der Waals surface area contributed by atoms with Crippen molar-refractivity contribution < 1.29 is 8.78 Å². The van der Waals surface area contributed by atoms with Crippen LogP contribution in [-0.2, 0) is 5.41 Å². The first-order chi connectivity index (χ1) is 10.2. The van der Waals surface area contributed by atoms with Gasteiger partial charge in [0.25, 0.3) is 0 Å². The minimum Gasteiger partial charge on any atom is -0.394 e. The Kier molecular flexibility index (Phi) is 6.01. The van der Waals surface area contributed by atoms with E-state index in [0.717, 1.165) is 5.56 Å². The molecule has 0 aliphatic rings. The smallest absolute Gasteiger partial charge is 0.127 e. The second-order valence-electron chi connectivity index (χ2n) is 6.21. The van der Waals surface area contributed by atoms with E-state index in [1.807, 2.05) is 13.8 Å². The molecule has 2 N–H and O–H groups in total. The maximum Gasteiger partial charge on any atom is 0.127 e. The van der Waals surface area contributed by atoms with Crippen LogP contribution in [0.15, 0.2) is 29.8 Å². The molecule has 120 valence electrons. The highest BCUT2D eigenvalue weighted by Gasteiger charge is 2.39. The molecule has 0 saturated carbocycles. The Morgan fingerprint density at radius 1 is 1.45 bits per heavy atom. The number of thioether (sulfide) groups is 1. The lowest BCUT2D eigenvalue weighted by molar-refractivity contribution is 0.277. The third-order valence-electron chi connectivity index (χ3n) is 3.66. The molecule has 1 aromatic rings. The summed E-state index contributed by atoms with van der Waals surface area (Å²) >= 11 is 1.25. The molecule has 0 fully saturated rings. The molecule has 1 aromatic carbocycles. The van der Waals surface area contributed by atoms with Gasteiger partial charge in [0.2, 0.25) is 0 Å². The van der Waals surface area contributed by atoms with Gasteiger partial charge in [-0.05, 0) is 31.9 Å². The van der Waals surface area contributed by atoms with Crippen LogP contribution < -0.4 is 5.73 Å². The predicted molar refractivity (Wildman–Crippen MR) is 88.6 cm³/mol. The summed E-state index contributed by atoms with van der Waals surface area (Å²) in [5.41, 5.74) is 5.83. The Labute approximate surface area is 135 Å². The number of hydrogen-bond acceptors (Lipinski definition) is 3. The van der Waals surface area contributed by atoms with E-state index in [2.05, 4.69) is 12.6 Å². The second kappa shape index (κ2) is 7.15. The Morgan fingerprint density at radius 3 is 2.59 bits per heavy atom. The van der Waals surface area contributed by atoms with Crippen molar-refractivity contribution in [1.29, 1.82) is 5.26 Å². The van der Waals surface area contributed by atoms with Gasteiger partial charge in [-0.15, -0.1) is 11.8 Å². The van der Waals surface area contributed by atoms with Crippen LogP contribution in [0, 0.1) is 24.1 Å². The highest BCUT2D eigenvalue weighted by Crippen LogP contribution is 2.44. The van der Waals surface area contributed by atoms with Gasteiger partial charge in [-0.3, -0.25) is 4.39 Å². The fraction of sp³-hybridized carbons (Fsp3) is 0.471. The zero-order valence-electron chi connectivity index (χ0n) is 13.2. The van der Waals surface area contributed by atoms with E-state index in [1.54, 1.807) is 19.1 Å². The van der Waals surface area contributed by atoms with E-state index in [-0.39, 0.29) is 12.8 Å². The first-order valence-corrected chi connectivity index (χ1v) is 7.80. The molecular weight excluding hydrogens is 302 g/mol. The van der Waals surface area contributed by atoms with Crippen LogP contribution in [-0.4, -0.2) is 11.4 Å². The number of rotatable bonds is 7. The van der Waals surface area contributed by atoms with E-state index in [1.165, 1.54) is 17.8 Å². The Hall–Kier alpha value is -1.54. The number of nitrogens with zero attached hydrogens (tertiary/aromatic N) is 1. The van der Waals surface area contributed by atoms with E-state index in [0.29, 0.717) is 10.6 Å². The van der Waals surface area contributed by atoms with E-state index < -0.39 is 22.7 Å². The molecule has 1 rings (SSSR count). The van der Waals surface area contributed by atoms with Crippen LogP contribution >= 0.6 is 11.8 Å². The van der Waals surface area contributed by atoms with Crippen LogP contribution in [0.5, 0.6) is 0 Å². The van der Waals surface area contributed by atoms with E-state index in [9.17, 15) is 8.78 Å². The topological polar surface area (TPSA) is 49.8 Å². The van der Waals surface area contributed by atoms with Gasteiger partial charge < -0.3 is 5.73 Å². The van der Waals surface area contributed by atoms with Gasteiger partial charge in [0.15, 0.2) is 0 Å². The van der Waals surface area contributed by atoms with E-state index >= 15 is 0 Å². The highest BCUT2D eigenvalue weighted by atomic mass is 32.2. The highest BCUT2D eigenvalue weighted by molar-refractivity contribution is 8.04. The van der Waals surface area contributed by atoms with Gasteiger partial charge in [-0.1, -0.05) is 31.2 Å². The molecule has 0 amide bonds. The molecule has 5 heteroatoms. The monoisotopic (exact) mass is 324 g/mol. The molecule has 0 aromatic heterocycles. The molecule has 0 aliphatic carbocycles. The molecule has 0 saturated heterocycles. The van der Waals surface area contributed by atoms with Crippen molar-refractivity contribution in [2.24, 2.45) is 5.73 Å². The lowest BCUT2D eigenvalue weighted by Crippen LogP contribution is -2.36. The Balaban J connectivity index is 3.24. The van der Waals surface area contributed by atoms with Gasteiger partial charge in [-0.25, -0.2) is 4.39 Å². The summed E-state index contributed by atoms with van der Waals surface area (Å²) < 4.78 is 27.4. The third kappa shape index (κ3) is 4.48. The molecule has 0 radical (unpaired) electrons. The maximum atomic E-state index is 14.2. The molecular formula is C17H22F2N2S. The maximum absolute atomic E-state index is 14.2. The zero-order valence-corrected chi connectivity index (χ0v) is 14.1. The third-order valence-corrected chi connectivity index (χ3v) is 4.71. The quantitative estimate of drug-likeness (QED) is 0.798. The van der Waals surface area contributed by atoms with Gasteiger partial charge in [0, 0.05) is 16.6 Å². The lowest BCUT2D eigenvalue weighted by Gasteiger charge is -2.37. The molecule has 2 atom stereocenters. The largest absolute Gasteiger partial charge is 0.394 e. The summed E-state index contributed by atoms with van der Waals surface area (Å²) in [5.74, 6) is -0.429. The number of alkyl halides is 1. The Bertz CT molecular complexity index is 597. The van der Waals surface area contributed by atoms with Gasteiger partial charge in [0.05, 0.1) is 17.8 Å². The number of nitrogens with two attached hydrogens (primary N) is 1. The minimum atomic E-state index is -1.02. The zero-order chi connectivity index (χ0) is 17.0. The number of benzene rings is 1. The molecule has 0 aliphatic heterocycles. The van der Waals surface area contributed by atoms with Crippen molar-refractivity contribution in [3.8, 4) is 6.07 Å². The lowest BCUT2D eigenvalue weighted by atomic mass is 9.75. The van der Waals surface area contributed by atoms with Crippen molar-refractivity contribution in [3.05, 3.63) is 46.8 Å². The van der Waals surface area contributed by atoms with Gasteiger partial charge in [0.1, 0.15) is 5.82 Å².